The molecule has 1 aromatic heterocycles. The molecule has 1 aromatic carbocycles. The van der Waals surface area contributed by atoms with Crippen molar-refractivity contribution < 1.29 is 13.2 Å². The average molecular weight is 322 g/mol. The van der Waals surface area contributed by atoms with Gasteiger partial charge in [0.2, 0.25) is 0 Å². The van der Waals surface area contributed by atoms with Crippen LogP contribution in [0.5, 0.6) is 0 Å². The van der Waals surface area contributed by atoms with Crippen molar-refractivity contribution in [3.63, 3.8) is 0 Å². The quantitative estimate of drug-likeness (QED) is 0.534. The molecule has 0 spiro atoms. The van der Waals surface area contributed by atoms with Gasteiger partial charge in [0.05, 0.1) is 17.0 Å². The predicted molar refractivity (Wildman–Crippen MR) is 85.4 cm³/mol. The molecule has 0 unspecified atom stereocenters. The van der Waals surface area contributed by atoms with Gasteiger partial charge in [-0.05, 0) is 30.7 Å². The molecule has 0 radical (unpaired) electrons. The highest BCUT2D eigenvalue weighted by atomic mass is 19.4. The number of aromatic nitrogens is 1. The Hall–Kier alpha value is -2.57. The monoisotopic (exact) mass is 322 g/mol. The molecule has 7 heteroatoms. The molecule has 2 rings (SSSR count). The Labute approximate surface area is 132 Å². The Bertz CT molecular complexity index is 736. The van der Waals surface area contributed by atoms with Crippen LogP contribution in [0, 0.1) is 0 Å². The van der Waals surface area contributed by atoms with Crippen LogP contribution in [0.3, 0.4) is 0 Å². The molecule has 2 N–H and O–H groups in total. The maximum atomic E-state index is 13.1. The largest absolute Gasteiger partial charge is 0.416 e. The maximum Gasteiger partial charge on any atom is 0.416 e. The molecule has 0 aliphatic heterocycles. The van der Waals surface area contributed by atoms with Crippen LogP contribution in [0.15, 0.2) is 41.5 Å². The van der Waals surface area contributed by atoms with E-state index in [4.69, 9.17) is 5.84 Å². The number of anilines is 1. The van der Waals surface area contributed by atoms with Gasteiger partial charge >= 0.3 is 6.18 Å². The smallest absolute Gasteiger partial charge is 0.363 e. The second-order valence-corrected chi connectivity index (χ2v) is 5.29. The van der Waals surface area contributed by atoms with Gasteiger partial charge in [0.25, 0.3) is 0 Å². The van der Waals surface area contributed by atoms with E-state index in [0.717, 1.165) is 17.7 Å². The summed E-state index contributed by atoms with van der Waals surface area (Å²) in [6.45, 7) is 1.73. The fraction of sp³-hybridized carbons (Fsp3) is 0.250. The molecule has 0 saturated carbocycles. The third kappa shape index (κ3) is 3.80. The van der Waals surface area contributed by atoms with Gasteiger partial charge in [0.15, 0.2) is 0 Å². The van der Waals surface area contributed by atoms with Gasteiger partial charge in [-0.25, -0.2) is 4.98 Å². The zero-order chi connectivity index (χ0) is 17.2. The van der Waals surface area contributed by atoms with E-state index in [1.165, 1.54) is 4.90 Å². The number of hydrogen-bond acceptors (Lipinski definition) is 4. The van der Waals surface area contributed by atoms with Crippen molar-refractivity contribution in [2.75, 3.05) is 19.0 Å². The van der Waals surface area contributed by atoms with Crippen LogP contribution in [0.1, 0.15) is 18.1 Å². The molecule has 0 aliphatic carbocycles. The van der Waals surface area contributed by atoms with Crippen molar-refractivity contribution in [3.05, 3.63) is 47.5 Å². The summed E-state index contributed by atoms with van der Waals surface area (Å²) in [6, 6.07) is 9.01. The summed E-state index contributed by atoms with van der Waals surface area (Å²) in [4.78, 5) is 5.83. The van der Waals surface area contributed by atoms with Crippen LogP contribution < -0.4 is 10.7 Å². The molecule has 0 aliphatic rings. The summed E-state index contributed by atoms with van der Waals surface area (Å²) < 4.78 is 39.3. The molecule has 0 amide bonds. The number of halogens is 3. The highest BCUT2D eigenvalue weighted by molar-refractivity contribution is 5.99. The minimum absolute atomic E-state index is 0.240. The van der Waals surface area contributed by atoms with Crippen LogP contribution in [-0.4, -0.2) is 24.8 Å². The van der Waals surface area contributed by atoms with E-state index in [0.29, 0.717) is 11.3 Å². The highest BCUT2D eigenvalue weighted by Crippen LogP contribution is 2.34. The number of hydrogen-bond donors (Lipinski definition) is 1. The van der Waals surface area contributed by atoms with E-state index in [2.05, 4.69) is 10.1 Å². The Morgan fingerprint density at radius 2 is 1.87 bits per heavy atom. The Balaban J connectivity index is 2.61. The van der Waals surface area contributed by atoms with Crippen molar-refractivity contribution in [2.45, 2.75) is 13.1 Å². The van der Waals surface area contributed by atoms with E-state index in [1.54, 1.807) is 45.3 Å². The number of alkyl halides is 3. The zero-order valence-corrected chi connectivity index (χ0v) is 13.0. The van der Waals surface area contributed by atoms with Gasteiger partial charge in [-0.15, -0.1) is 0 Å². The standard InChI is InChI=1S/C16H17F3N4/c1-10(22-20)11-5-4-6-12(7-11)14-8-13(16(17,18)19)9-15(21-14)23(2)3/h4-9H,20H2,1-3H3. The molecule has 2 aromatic rings. The lowest BCUT2D eigenvalue weighted by atomic mass is 10.0. The minimum atomic E-state index is -4.44. The number of benzene rings is 1. The molecule has 0 bridgehead atoms. The molecule has 0 saturated heterocycles. The highest BCUT2D eigenvalue weighted by Gasteiger charge is 2.32. The van der Waals surface area contributed by atoms with Crippen molar-refractivity contribution in [2.24, 2.45) is 10.9 Å². The molecular weight excluding hydrogens is 305 g/mol. The lowest BCUT2D eigenvalue weighted by Crippen LogP contribution is -2.14. The molecular formula is C16H17F3N4. The third-order valence-electron chi connectivity index (χ3n) is 3.37. The second-order valence-electron chi connectivity index (χ2n) is 5.29. The summed E-state index contributed by atoms with van der Waals surface area (Å²) in [6.07, 6.45) is -4.44. The van der Waals surface area contributed by atoms with Crippen LogP contribution in [0.2, 0.25) is 0 Å². The first-order chi connectivity index (χ1) is 10.7. The number of nitrogens with two attached hydrogens (primary N) is 1. The van der Waals surface area contributed by atoms with Crippen LogP contribution in [0.25, 0.3) is 11.3 Å². The first-order valence-electron chi connectivity index (χ1n) is 6.84. The Morgan fingerprint density at radius 1 is 1.17 bits per heavy atom. The molecule has 122 valence electrons. The van der Waals surface area contributed by atoms with Crippen LogP contribution in [0.4, 0.5) is 19.0 Å². The average Bonchev–Trinajstić information content (AvgIpc) is 2.53. The number of pyridine rings is 1. The van der Waals surface area contributed by atoms with E-state index in [-0.39, 0.29) is 11.5 Å². The minimum Gasteiger partial charge on any atom is -0.363 e. The van der Waals surface area contributed by atoms with E-state index in [9.17, 15) is 13.2 Å². The van der Waals surface area contributed by atoms with E-state index in [1.807, 2.05) is 0 Å². The van der Waals surface area contributed by atoms with Crippen molar-refractivity contribution in [3.8, 4) is 11.3 Å². The number of hydrazone groups is 1. The summed E-state index contributed by atoms with van der Waals surface area (Å²) in [5.74, 6) is 5.49. The molecule has 4 nitrogen and oxygen atoms in total. The Morgan fingerprint density at radius 3 is 2.43 bits per heavy atom. The molecule has 0 atom stereocenters. The van der Waals surface area contributed by atoms with Crippen molar-refractivity contribution in [1.82, 2.24) is 4.98 Å². The zero-order valence-electron chi connectivity index (χ0n) is 13.0. The summed E-state index contributed by atoms with van der Waals surface area (Å²) in [5, 5.41) is 3.60. The number of rotatable bonds is 3. The lowest BCUT2D eigenvalue weighted by Gasteiger charge is -2.16. The molecule has 1 heterocycles. The SMILES string of the molecule is CC(=NN)c1cccc(-c2cc(C(F)(F)F)cc(N(C)C)n2)c1. The maximum absolute atomic E-state index is 13.1. The third-order valence-corrected chi connectivity index (χ3v) is 3.37. The lowest BCUT2D eigenvalue weighted by molar-refractivity contribution is -0.137. The van der Waals surface area contributed by atoms with Crippen LogP contribution in [-0.2, 0) is 6.18 Å². The topological polar surface area (TPSA) is 54.5 Å². The normalized spacial score (nSPS) is 12.3. The molecule has 0 fully saturated rings. The van der Waals surface area contributed by atoms with Gasteiger partial charge < -0.3 is 10.7 Å². The van der Waals surface area contributed by atoms with Crippen molar-refractivity contribution >= 4 is 11.5 Å². The van der Waals surface area contributed by atoms with Gasteiger partial charge in [0.1, 0.15) is 5.82 Å². The summed E-state index contributed by atoms with van der Waals surface area (Å²) in [5.41, 5.74) is 1.40. The fourth-order valence-electron chi connectivity index (χ4n) is 2.03. The van der Waals surface area contributed by atoms with Gasteiger partial charge in [0, 0.05) is 19.7 Å². The summed E-state index contributed by atoms with van der Waals surface area (Å²) >= 11 is 0. The van der Waals surface area contributed by atoms with Crippen LogP contribution >= 0.6 is 0 Å². The Kier molecular flexibility index (Phi) is 4.58. The number of nitrogens with zero attached hydrogens (tertiary/aromatic N) is 3. The van der Waals surface area contributed by atoms with E-state index < -0.39 is 11.7 Å². The second kappa shape index (κ2) is 6.28. The van der Waals surface area contributed by atoms with Gasteiger partial charge in [-0.2, -0.15) is 18.3 Å². The summed E-state index contributed by atoms with van der Waals surface area (Å²) in [7, 11) is 3.29. The predicted octanol–water partition coefficient (Wildman–Crippen LogP) is 3.52. The van der Waals surface area contributed by atoms with Crippen molar-refractivity contribution in [1.29, 1.82) is 0 Å². The van der Waals surface area contributed by atoms with Gasteiger partial charge in [-0.1, -0.05) is 18.2 Å². The molecule has 23 heavy (non-hydrogen) atoms. The van der Waals surface area contributed by atoms with Gasteiger partial charge in [-0.3, -0.25) is 0 Å². The fourth-order valence-corrected chi connectivity index (χ4v) is 2.03. The first kappa shape index (κ1) is 16.8. The van der Waals surface area contributed by atoms with E-state index >= 15 is 0 Å². The first-order valence-corrected chi connectivity index (χ1v) is 6.84.